The number of nitrogens with one attached hydrogen (secondary N) is 1. The van der Waals surface area contributed by atoms with Crippen LogP contribution in [0.2, 0.25) is 0 Å². The first-order chi connectivity index (χ1) is 12.5. The van der Waals surface area contributed by atoms with Gasteiger partial charge in [-0.25, -0.2) is 4.79 Å². The molecular formula is C18H18N4O4. The summed E-state index contributed by atoms with van der Waals surface area (Å²) in [5.41, 5.74) is 2.17. The molecule has 4 rings (SSSR count). The van der Waals surface area contributed by atoms with Crippen LogP contribution in [-0.4, -0.2) is 44.1 Å². The van der Waals surface area contributed by atoms with Crippen molar-refractivity contribution in [3.05, 3.63) is 52.8 Å². The van der Waals surface area contributed by atoms with Crippen molar-refractivity contribution in [2.45, 2.75) is 32.0 Å². The lowest BCUT2D eigenvalue weighted by molar-refractivity contribution is -0.132. The first-order valence-corrected chi connectivity index (χ1v) is 8.50. The fraction of sp³-hybridized carbons (Fsp3) is 0.333. The number of aryl methyl sites for hydroxylation is 1. The second-order valence-corrected chi connectivity index (χ2v) is 6.54. The van der Waals surface area contributed by atoms with E-state index in [4.69, 9.17) is 5.11 Å². The zero-order chi connectivity index (χ0) is 18.3. The quantitative estimate of drug-likeness (QED) is 0.861. The highest BCUT2D eigenvalue weighted by atomic mass is 16.4. The fourth-order valence-electron chi connectivity index (χ4n) is 3.57. The van der Waals surface area contributed by atoms with E-state index in [1.54, 1.807) is 21.7 Å². The van der Waals surface area contributed by atoms with E-state index in [0.29, 0.717) is 37.3 Å². The van der Waals surface area contributed by atoms with Crippen molar-refractivity contribution in [2.24, 2.45) is 0 Å². The minimum Gasteiger partial charge on any atom is -0.476 e. The lowest BCUT2D eigenvalue weighted by Crippen LogP contribution is -2.33. The molecule has 2 N–H and O–H groups in total. The zero-order valence-corrected chi connectivity index (χ0v) is 14.0. The molecule has 1 aromatic heterocycles. The lowest BCUT2D eigenvalue weighted by atomic mass is 10.0. The van der Waals surface area contributed by atoms with Crippen LogP contribution in [-0.2, 0) is 17.9 Å². The number of carboxylic acid groups (broad SMARTS) is 1. The maximum atomic E-state index is 12.8. The second-order valence-electron chi connectivity index (χ2n) is 6.54. The Morgan fingerprint density at radius 2 is 2.08 bits per heavy atom. The van der Waals surface area contributed by atoms with Gasteiger partial charge >= 0.3 is 5.97 Å². The Kier molecular flexibility index (Phi) is 3.95. The summed E-state index contributed by atoms with van der Waals surface area (Å²) in [6.45, 7) is 1.48. The number of carbonyl (C=O) groups is 3. The number of benzene rings is 1. The van der Waals surface area contributed by atoms with Gasteiger partial charge in [0, 0.05) is 18.7 Å². The largest absolute Gasteiger partial charge is 0.476 e. The first-order valence-electron chi connectivity index (χ1n) is 8.50. The summed E-state index contributed by atoms with van der Waals surface area (Å²) in [4.78, 5) is 37.6. The van der Waals surface area contributed by atoms with E-state index in [1.807, 2.05) is 12.1 Å². The molecule has 8 nitrogen and oxygen atoms in total. The Hall–Kier alpha value is -3.16. The van der Waals surface area contributed by atoms with Gasteiger partial charge in [-0.15, -0.1) is 0 Å². The average molecular weight is 354 g/mol. The van der Waals surface area contributed by atoms with E-state index in [2.05, 4.69) is 10.4 Å². The Labute approximate surface area is 149 Å². The standard InChI is InChI=1S/C18H18N4O4/c23-16(9-14-12-4-1-2-5-13(12)17(24)19-14)21-6-3-7-22-11(10-21)8-15(20-22)18(25)26/h1-2,4-5,8,14H,3,6-7,9-10H2,(H,19,24)(H,25,26). The number of nitrogens with zero attached hydrogens (tertiary/aromatic N) is 3. The number of hydrogen-bond acceptors (Lipinski definition) is 4. The van der Waals surface area contributed by atoms with Crippen molar-refractivity contribution in [3.8, 4) is 0 Å². The number of aromatic nitrogens is 2. The van der Waals surface area contributed by atoms with Crippen LogP contribution in [0.5, 0.6) is 0 Å². The lowest BCUT2D eigenvalue weighted by Gasteiger charge is -2.22. The summed E-state index contributed by atoms with van der Waals surface area (Å²) in [6, 6.07) is 8.47. The van der Waals surface area contributed by atoms with Gasteiger partial charge in [-0.05, 0) is 24.1 Å². The molecule has 2 aliphatic heterocycles. The number of aromatic carboxylic acids is 1. The van der Waals surface area contributed by atoms with E-state index < -0.39 is 5.97 Å². The predicted octanol–water partition coefficient (Wildman–Crippen LogP) is 1.19. The minimum atomic E-state index is -1.08. The van der Waals surface area contributed by atoms with Crippen molar-refractivity contribution in [3.63, 3.8) is 0 Å². The van der Waals surface area contributed by atoms with E-state index in [1.165, 1.54) is 6.07 Å². The van der Waals surface area contributed by atoms with Crippen LogP contribution in [0.1, 0.15) is 51.0 Å². The number of amides is 2. The molecule has 0 spiro atoms. The van der Waals surface area contributed by atoms with Gasteiger partial charge < -0.3 is 15.3 Å². The van der Waals surface area contributed by atoms with Crippen LogP contribution in [0.3, 0.4) is 0 Å². The Morgan fingerprint density at radius 3 is 2.88 bits per heavy atom. The molecule has 0 radical (unpaired) electrons. The smallest absolute Gasteiger partial charge is 0.356 e. The number of hydrogen-bond donors (Lipinski definition) is 2. The first kappa shape index (κ1) is 16.3. The van der Waals surface area contributed by atoms with Crippen molar-refractivity contribution in [1.29, 1.82) is 0 Å². The molecule has 0 fully saturated rings. The van der Waals surface area contributed by atoms with Gasteiger partial charge in [0.1, 0.15) is 0 Å². The van der Waals surface area contributed by atoms with Crippen LogP contribution < -0.4 is 5.32 Å². The van der Waals surface area contributed by atoms with Crippen LogP contribution in [0.4, 0.5) is 0 Å². The van der Waals surface area contributed by atoms with Gasteiger partial charge in [-0.2, -0.15) is 5.10 Å². The summed E-state index contributed by atoms with van der Waals surface area (Å²) in [6.07, 6.45) is 0.885. The molecular weight excluding hydrogens is 336 g/mol. The summed E-state index contributed by atoms with van der Waals surface area (Å²) in [5, 5.41) is 16.0. The fourth-order valence-corrected chi connectivity index (χ4v) is 3.57. The van der Waals surface area contributed by atoms with Crippen molar-refractivity contribution in [1.82, 2.24) is 20.0 Å². The Bertz CT molecular complexity index is 904. The van der Waals surface area contributed by atoms with Gasteiger partial charge in [0.05, 0.1) is 24.7 Å². The molecule has 26 heavy (non-hydrogen) atoms. The van der Waals surface area contributed by atoms with Crippen LogP contribution in [0, 0.1) is 0 Å². The number of carboxylic acids is 1. The summed E-state index contributed by atoms with van der Waals surface area (Å²) in [7, 11) is 0. The Morgan fingerprint density at radius 1 is 1.27 bits per heavy atom. The molecule has 0 bridgehead atoms. The number of rotatable bonds is 3. The third kappa shape index (κ3) is 2.83. The SMILES string of the molecule is O=C(O)c1cc2n(n1)CCCN(C(=O)CC1NC(=O)c3ccccc31)C2. The Balaban J connectivity index is 1.50. The van der Waals surface area contributed by atoms with Gasteiger partial charge in [-0.3, -0.25) is 14.3 Å². The van der Waals surface area contributed by atoms with Gasteiger partial charge in [0.2, 0.25) is 5.91 Å². The van der Waals surface area contributed by atoms with E-state index in [-0.39, 0.29) is 30.0 Å². The molecule has 1 aromatic carbocycles. The second kappa shape index (κ2) is 6.29. The summed E-state index contributed by atoms with van der Waals surface area (Å²) >= 11 is 0. The molecule has 0 aliphatic carbocycles. The molecule has 134 valence electrons. The van der Waals surface area contributed by atoms with Crippen LogP contribution in [0.25, 0.3) is 0 Å². The maximum Gasteiger partial charge on any atom is 0.356 e. The van der Waals surface area contributed by atoms with Gasteiger partial charge in [-0.1, -0.05) is 18.2 Å². The molecule has 2 amide bonds. The molecule has 3 heterocycles. The van der Waals surface area contributed by atoms with Gasteiger partial charge in [0.25, 0.3) is 5.91 Å². The van der Waals surface area contributed by atoms with Crippen LogP contribution in [0.15, 0.2) is 30.3 Å². The molecule has 0 saturated heterocycles. The molecule has 8 heteroatoms. The summed E-state index contributed by atoms with van der Waals surface area (Å²) < 4.78 is 1.66. The molecule has 1 atom stereocenters. The highest BCUT2D eigenvalue weighted by molar-refractivity contribution is 5.99. The van der Waals surface area contributed by atoms with E-state index in [9.17, 15) is 14.4 Å². The van der Waals surface area contributed by atoms with E-state index in [0.717, 1.165) is 5.56 Å². The number of fused-ring (bicyclic) bond motifs is 2. The molecule has 0 saturated carbocycles. The molecule has 2 aromatic rings. The number of carbonyl (C=O) groups excluding carboxylic acids is 2. The topological polar surface area (TPSA) is 105 Å². The van der Waals surface area contributed by atoms with Crippen LogP contribution >= 0.6 is 0 Å². The normalized spacial score (nSPS) is 18.7. The third-order valence-electron chi connectivity index (χ3n) is 4.85. The van der Waals surface area contributed by atoms with Gasteiger partial charge in [0.15, 0.2) is 5.69 Å². The highest BCUT2D eigenvalue weighted by Crippen LogP contribution is 2.28. The minimum absolute atomic E-state index is 0.00807. The van der Waals surface area contributed by atoms with Crippen molar-refractivity contribution in [2.75, 3.05) is 6.54 Å². The third-order valence-corrected chi connectivity index (χ3v) is 4.85. The predicted molar refractivity (Wildman–Crippen MR) is 90.5 cm³/mol. The highest BCUT2D eigenvalue weighted by Gasteiger charge is 2.31. The molecule has 1 unspecified atom stereocenters. The maximum absolute atomic E-state index is 12.8. The average Bonchev–Trinajstić information content (AvgIpc) is 3.10. The zero-order valence-electron chi connectivity index (χ0n) is 14.0. The van der Waals surface area contributed by atoms with Crippen molar-refractivity contribution >= 4 is 17.8 Å². The van der Waals surface area contributed by atoms with E-state index >= 15 is 0 Å². The summed E-state index contributed by atoms with van der Waals surface area (Å²) in [5.74, 6) is -1.30. The van der Waals surface area contributed by atoms with Crippen molar-refractivity contribution < 1.29 is 19.5 Å². The molecule has 2 aliphatic rings. The monoisotopic (exact) mass is 354 g/mol.